The zero-order valence-corrected chi connectivity index (χ0v) is 15.9. The van der Waals surface area contributed by atoms with E-state index in [2.05, 4.69) is 5.32 Å². The van der Waals surface area contributed by atoms with Gasteiger partial charge in [0.1, 0.15) is 11.3 Å². The Labute approximate surface area is 169 Å². The normalized spacial score (nSPS) is 11.5. The fraction of sp³-hybridized carbons (Fsp3) is 0.150. The van der Waals surface area contributed by atoms with E-state index < -0.39 is 28.3 Å². The standard InChI is InChI=1S/C20H16N2O8/c1-11(19(24)21-14-9-12(22(26)27)7-8-17(14)28-2)29-20(25)18-10-15(23)13-5-3-4-6-16(13)30-18/h3-11H,1-2H3,(H,21,24)/t11-/m0/s1. The SMILES string of the molecule is COc1ccc([N+](=O)[O-])cc1NC(=O)[C@H](C)OC(=O)c1cc(=O)c2ccccc2o1. The van der Waals surface area contributed by atoms with Gasteiger partial charge in [0.2, 0.25) is 5.76 Å². The zero-order valence-electron chi connectivity index (χ0n) is 15.9. The van der Waals surface area contributed by atoms with Crippen molar-refractivity contribution in [1.82, 2.24) is 0 Å². The molecule has 0 radical (unpaired) electrons. The Bertz CT molecular complexity index is 1200. The van der Waals surface area contributed by atoms with Crippen LogP contribution >= 0.6 is 0 Å². The number of amides is 1. The van der Waals surface area contributed by atoms with E-state index in [9.17, 15) is 24.5 Å². The Kier molecular flexibility index (Phi) is 5.77. The summed E-state index contributed by atoms with van der Waals surface area (Å²) in [5.41, 5.74) is -0.442. The Hall–Kier alpha value is -4.21. The van der Waals surface area contributed by atoms with Crippen molar-refractivity contribution in [3.8, 4) is 5.75 Å². The zero-order chi connectivity index (χ0) is 21.8. The largest absolute Gasteiger partial charge is 0.495 e. The summed E-state index contributed by atoms with van der Waals surface area (Å²) in [5, 5.41) is 13.7. The molecule has 10 nitrogen and oxygen atoms in total. The number of nitro groups is 1. The summed E-state index contributed by atoms with van der Waals surface area (Å²) in [6.07, 6.45) is -1.29. The molecule has 0 aliphatic rings. The van der Waals surface area contributed by atoms with E-state index in [1.807, 2.05) is 0 Å². The summed E-state index contributed by atoms with van der Waals surface area (Å²) in [4.78, 5) is 47.2. The molecule has 0 aliphatic carbocycles. The predicted molar refractivity (Wildman–Crippen MR) is 106 cm³/mol. The van der Waals surface area contributed by atoms with Crippen LogP contribution in [0.5, 0.6) is 5.75 Å². The summed E-state index contributed by atoms with van der Waals surface area (Å²) in [7, 11) is 1.34. The van der Waals surface area contributed by atoms with E-state index in [0.29, 0.717) is 5.39 Å². The van der Waals surface area contributed by atoms with Gasteiger partial charge in [0, 0.05) is 18.2 Å². The molecule has 154 valence electrons. The Balaban J connectivity index is 1.76. The van der Waals surface area contributed by atoms with Crippen LogP contribution in [0.4, 0.5) is 11.4 Å². The number of nitrogens with one attached hydrogen (secondary N) is 1. The molecule has 1 heterocycles. The molecule has 3 rings (SSSR count). The number of anilines is 1. The first-order valence-corrected chi connectivity index (χ1v) is 8.67. The average molecular weight is 412 g/mol. The van der Waals surface area contributed by atoms with Gasteiger partial charge in [0.05, 0.1) is 23.1 Å². The molecule has 0 aliphatic heterocycles. The highest BCUT2D eigenvalue weighted by molar-refractivity contribution is 5.98. The van der Waals surface area contributed by atoms with Gasteiger partial charge in [-0.2, -0.15) is 0 Å². The fourth-order valence-electron chi connectivity index (χ4n) is 2.62. The lowest BCUT2D eigenvalue weighted by Gasteiger charge is -2.15. The summed E-state index contributed by atoms with van der Waals surface area (Å²) in [5.74, 6) is -1.93. The van der Waals surface area contributed by atoms with Crippen LogP contribution < -0.4 is 15.5 Å². The van der Waals surface area contributed by atoms with Gasteiger partial charge in [-0.25, -0.2) is 4.79 Å². The van der Waals surface area contributed by atoms with Crippen molar-refractivity contribution in [2.45, 2.75) is 13.0 Å². The molecule has 0 unspecified atom stereocenters. The molecule has 1 amide bonds. The molecule has 0 bridgehead atoms. The van der Waals surface area contributed by atoms with Gasteiger partial charge in [0.15, 0.2) is 11.5 Å². The number of nitrogens with zero attached hydrogens (tertiary/aromatic N) is 1. The first-order chi connectivity index (χ1) is 14.3. The average Bonchev–Trinajstić information content (AvgIpc) is 2.73. The van der Waals surface area contributed by atoms with Gasteiger partial charge >= 0.3 is 5.97 Å². The highest BCUT2D eigenvalue weighted by Gasteiger charge is 2.23. The molecule has 10 heteroatoms. The van der Waals surface area contributed by atoms with Gasteiger partial charge in [-0.05, 0) is 25.1 Å². The van der Waals surface area contributed by atoms with E-state index in [0.717, 1.165) is 12.1 Å². The number of para-hydroxylation sites is 1. The molecule has 0 saturated heterocycles. The molecule has 1 atom stereocenters. The number of benzene rings is 2. The third-order valence-electron chi connectivity index (χ3n) is 4.14. The molecule has 3 aromatic rings. The third-order valence-corrected chi connectivity index (χ3v) is 4.14. The number of methoxy groups -OCH3 is 1. The number of esters is 1. The van der Waals surface area contributed by atoms with Crippen molar-refractivity contribution in [1.29, 1.82) is 0 Å². The number of hydrogen-bond acceptors (Lipinski definition) is 8. The molecule has 2 aromatic carbocycles. The second-order valence-corrected chi connectivity index (χ2v) is 6.15. The minimum Gasteiger partial charge on any atom is -0.495 e. The van der Waals surface area contributed by atoms with Gasteiger partial charge < -0.3 is 19.2 Å². The molecule has 1 N–H and O–H groups in total. The van der Waals surface area contributed by atoms with Gasteiger partial charge in [-0.1, -0.05) is 12.1 Å². The smallest absolute Gasteiger partial charge is 0.375 e. The number of carbonyl (C=O) groups excluding carboxylic acids is 2. The Morgan fingerprint density at radius 3 is 2.60 bits per heavy atom. The molecular weight excluding hydrogens is 396 g/mol. The summed E-state index contributed by atoms with van der Waals surface area (Å²) in [6.45, 7) is 1.30. The highest BCUT2D eigenvalue weighted by atomic mass is 16.6. The van der Waals surface area contributed by atoms with Crippen LogP contribution in [0.3, 0.4) is 0 Å². The molecule has 1 aromatic heterocycles. The van der Waals surface area contributed by atoms with Gasteiger partial charge in [0.25, 0.3) is 11.6 Å². The van der Waals surface area contributed by atoms with Crippen molar-refractivity contribution in [2.75, 3.05) is 12.4 Å². The van der Waals surface area contributed by atoms with Crippen LogP contribution in [0.2, 0.25) is 0 Å². The number of ether oxygens (including phenoxy) is 2. The van der Waals surface area contributed by atoms with Crippen molar-refractivity contribution < 1.29 is 28.4 Å². The predicted octanol–water partition coefficient (Wildman–Crippen LogP) is 2.89. The molecule has 30 heavy (non-hydrogen) atoms. The van der Waals surface area contributed by atoms with Crippen molar-refractivity contribution in [3.05, 3.63) is 74.6 Å². The van der Waals surface area contributed by atoms with Gasteiger partial charge in [-0.3, -0.25) is 19.7 Å². The number of hydrogen-bond donors (Lipinski definition) is 1. The maximum Gasteiger partial charge on any atom is 0.375 e. The number of non-ortho nitro benzene ring substituents is 1. The lowest BCUT2D eigenvalue weighted by Crippen LogP contribution is -2.30. The third kappa shape index (κ3) is 4.27. The maximum atomic E-state index is 12.4. The maximum absolute atomic E-state index is 12.4. The topological polar surface area (TPSA) is 138 Å². The lowest BCUT2D eigenvalue weighted by atomic mass is 10.2. The van der Waals surface area contributed by atoms with Crippen LogP contribution in [0.15, 0.2) is 57.7 Å². The molecule has 0 fully saturated rings. The first-order valence-electron chi connectivity index (χ1n) is 8.67. The van der Waals surface area contributed by atoms with Gasteiger partial charge in [-0.15, -0.1) is 0 Å². The van der Waals surface area contributed by atoms with E-state index >= 15 is 0 Å². The number of nitro benzene ring substituents is 1. The van der Waals surface area contributed by atoms with E-state index in [1.54, 1.807) is 18.2 Å². The van der Waals surface area contributed by atoms with Crippen LogP contribution in [0.25, 0.3) is 11.0 Å². The first kappa shape index (κ1) is 20.5. The van der Waals surface area contributed by atoms with E-state index in [4.69, 9.17) is 13.9 Å². The summed E-state index contributed by atoms with van der Waals surface area (Å²) >= 11 is 0. The number of carbonyl (C=O) groups is 2. The van der Waals surface area contributed by atoms with Crippen LogP contribution in [-0.4, -0.2) is 30.0 Å². The molecule has 0 spiro atoms. The second-order valence-electron chi connectivity index (χ2n) is 6.15. The Morgan fingerprint density at radius 2 is 1.90 bits per heavy atom. The number of rotatable bonds is 6. The fourth-order valence-corrected chi connectivity index (χ4v) is 2.62. The van der Waals surface area contributed by atoms with E-state index in [1.165, 1.54) is 32.2 Å². The van der Waals surface area contributed by atoms with Crippen molar-refractivity contribution >= 4 is 34.2 Å². The lowest BCUT2D eigenvalue weighted by molar-refractivity contribution is -0.384. The summed E-state index contributed by atoms with van der Waals surface area (Å²) < 4.78 is 15.5. The van der Waals surface area contributed by atoms with Crippen LogP contribution in [-0.2, 0) is 9.53 Å². The van der Waals surface area contributed by atoms with Crippen LogP contribution in [0.1, 0.15) is 17.5 Å². The van der Waals surface area contributed by atoms with Crippen molar-refractivity contribution in [2.24, 2.45) is 0 Å². The molecular formula is C20H16N2O8. The Morgan fingerprint density at radius 1 is 1.17 bits per heavy atom. The minimum atomic E-state index is -1.29. The van der Waals surface area contributed by atoms with Crippen molar-refractivity contribution in [3.63, 3.8) is 0 Å². The monoisotopic (exact) mass is 412 g/mol. The highest BCUT2D eigenvalue weighted by Crippen LogP contribution is 2.29. The quantitative estimate of drug-likeness (QED) is 0.370. The number of fused-ring (bicyclic) bond motifs is 1. The van der Waals surface area contributed by atoms with Crippen LogP contribution in [0, 0.1) is 10.1 Å². The van der Waals surface area contributed by atoms with E-state index in [-0.39, 0.29) is 28.5 Å². The minimum absolute atomic E-state index is 0.0387. The molecule has 0 saturated carbocycles. The second kappa shape index (κ2) is 8.43. The summed E-state index contributed by atoms with van der Waals surface area (Å²) in [6, 6.07) is 11.0.